The lowest BCUT2D eigenvalue weighted by molar-refractivity contribution is -0.133. The molecule has 0 bridgehead atoms. The Hall–Kier alpha value is -2.69. The minimum absolute atomic E-state index is 0.104. The smallest absolute Gasteiger partial charge is 0.244 e. The van der Waals surface area contributed by atoms with E-state index in [1.54, 1.807) is 4.68 Å². The van der Waals surface area contributed by atoms with Crippen molar-refractivity contribution < 1.29 is 4.79 Å². The van der Waals surface area contributed by atoms with Gasteiger partial charge in [-0.05, 0) is 30.5 Å². The van der Waals surface area contributed by atoms with Gasteiger partial charge in [-0.25, -0.2) is 4.68 Å². The molecule has 2 aromatic carbocycles. The molecule has 0 spiro atoms. The topological polar surface area (TPSA) is 51.0 Å². The van der Waals surface area contributed by atoms with Gasteiger partial charge in [0.25, 0.3) is 0 Å². The average Bonchev–Trinajstić information content (AvgIpc) is 3.35. The Kier molecular flexibility index (Phi) is 3.54. The van der Waals surface area contributed by atoms with Crippen LogP contribution in [-0.2, 0) is 17.9 Å². The fourth-order valence-corrected chi connectivity index (χ4v) is 2.84. The van der Waals surface area contributed by atoms with Crippen LogP contribution in [0.25, 0.3) is 11.0 Å². The summed E-state index contributed by atoms with van der Waals surface area (Å²) in [6, 6.07) is 18.2. The van der Waals surface area contributed by atoms with Crippen molar-refractivity contribution in [1.29, 1.82) is 0 Å². The van der Waals surface area contributed by atoms with E-state index < -0.39 is 0 Å². The van der Waals surface area contributed by atoms with E-state index in [-0.39, 0.29) is 12.5 Å². The largest absolute Gasteiger partial charge is 0.334 e. The molecule has 0 saturated heterocycles. The highest BCUT2D eigenvalue weighted by molar-refractivity contribution is 5.80. The zero-order valence-electron chi connectivity index (χ0n) is 12.8. The van der Waals surface area contributed by atoms with Crippen LogP contribution in [0.2, 0.25) is 0 Å². The number of carbonyl (C=O) groups is 1. The first kappa shape index (κ1) is 13.9. The number of para-hydroxylation sites is 1. The molecule has 1 fully saturated rings. The number of nitrogens with zero attached hydrogens (tertiary/aromatic N) is 4. The molecular formula is C18H18N4O. The third kappa shape index (κ3) is 2.95. The quantitative estimate of drug-likeness (QED) is 0.728. The van der Waals surface area contributed by atoms with Crippen molar-refractivity contribution >= 4 is 16.9 Å². The molecule has 1 aliphatic rings. The first-order valence-electron chi connectivity index (χ1n) is 7.93. The van der Waals surface area contributed by atoms with Gasteiger partial charge in [0.2, 0.25) is 5.91 Å². The first-order chi connectivity index (χ1) is 11.3. The van der Waals surface area contributed by atoms with Crippen LogP contribution < -0.4 is 0 Å². The molecule has 5 nitrogen and oxygen atoms in total. The number of fused-ring (bicyclic) bond motifs is 1. The van der Waals surface area contributed by atoms with E-state index in [4.69, 9.17) is 0 Å². The van der Waals surface area contributed by atoms with Crippen molar-refractivity contribution in [3.63, 3.8) is 0 Å². The van der Waals surface area contributed by atoms with E-state index in [9.17, 15) is 4.79 Å². The van der Waals surface area contributed by atoms with Crippen LogP contribution in [0.1, 0.15) is 18.4 Å². The molecule has 116 valence electrons. The summed E-state index contributed by atoms with van der Waals surface area (Å²) in [6.45, 7) is 0.904. The molecule has 3 aromatic rings. The zero-order valence-corrected chi connectivity index (χ0v) is 12.8. The van der Waals surface area contributed by atoms with E-state index in [2.05, 4.69) is 22.4 Å². The third-order valence-electron chi connectivity index (χ3n) is 4.21. The molecule has 1 heterocycles. The SMILES string of the molecule is O=C(Cn1nnc2ccccc21)N(Cc1ccccc1)C1CC1. The second kappa shape index (κ2) is 5.83. The number of hydrogen-bond donors (Lipinski definition) is 0. The van der Waals surface area contributed by atoms with Crippen molar-refractivity contribution in [2.24, 2.45) is 0 Å². The number of rotatable bonds is 5. The van der Waals surface area contributed by atoms with E-state index in [1.807, 2.05) is 47.4 Å². The summed E-state index contributed by atoms with van der Waals surface area (Å²) in [6.07, 6.45) is 2.19. The minimum atomic E-state index is 0.104. The van der Waals surface area contributed by atoms with Crippen LogP contribution >= 0.6 is 0 Å². The number of amides is 1. The number of benzene rings is 2. The molecule has 23 heavy (non-hydrogen) atoms. The normalized spacial score (nSPS) is 14.1. The van der Waals surface area contributed by atoms with Crippen molar-refractivity contribution in [2.45, 2.75) is 32.0 Å². The van der Waals surface area contributed by atoms with Gasteiger partial charge in [0.15, 0.2) is 0 Å². The maximum absolute atomic E-state index is 12.8. The Balaban J connectivity index is 1.54. The maximum atomic E-state index is 12.8. The van der Waals surface area contributed by atoms with E-state index in [0.29, 0.717) is 12.6 Å². The Morgan fingerprint density at radius 2 is 1.83 bits per heavy atom. The Bertz CT molecular complexity index is 823. The molecule has 0 aliphatic heterocycles. The number of carbonyl (C=O) groups excluding carboxylic acids is 1. The second-order valence-corrected chi connectivity index (χ2v) is 5.97. The average molecular weight is 306 g/mol. The molecule has 0 radical (unpaired) electrons. The van der Waals surface area contributed by atoms with Crippen LogP contribution in [0.5, 0.6) is 0 Å². The highest BCUT2D eigenvalue weighted by Gasteiger charge is 2.32. The van der Waals surface area contributed by atoms with Crippen LogP contribution in [-0.4, -0.2) is 31.8 Å². The monoisotopic (exact) mass is 306 g/mol. The molecular weight excluding hydrogens is 288 g/mol. The molecule has 1 saturated carbocycles. The Morgan fingerprint density at radius 1 is 1.09 bits per heavy atom. The third-order valence-corrected chi connectivity index (χ3v) is 4.21. The zero-order chi connectivity index (χ0) is 15.6. The predicted molar refractivity (Wildman–Crippen MR) is 87.5 cm³/mol. The molecule has 0 atom stereocenters. The first-order valence-corrected chi connectivity index (χ1v) is 7.93. The predicted octanol–water partition coefficient (Wildman–Crippen LogP) is 2.62. The van der Waals surface area contributed by atoms with Gasteiger partial charge < -0.3 is 4.90 Å². The van der Waals surface area contributed by atoms with Gasteiger partial charge in [0.05, 0.1) is 5.52 Å². The van der Waals surface area contributed by atoms with Gasteiger partial charge in [-0.3, -0.25) is 4.79 Å². The van der Waals surface area contributed by atoms with E-state index in [0.717, 1.165) is 29.4 Å². The molecule has 1 aliphatic carbocycles. The summed E-state index contributed by atoms with van der Waals surface area (Å²) in [5.41, 5.74) is 2.88. The lowest BCUT2D eigenvalue weighted by Crippen LogP contribution is -2.35. The fourth-order valence-electron chi connectivity index (χ4n) is 2.84. The molecule has 4 rings (SSSR count). The standard InChI is InChI=1S/C18H18N4O/c23-18(13-22-17-9-5-4-8-16(17)19-20-22)21(15-10-11-15)12-14-6-2-1-3-7-14/h1-9,15H,10-13H2. The lowest BCUT2D eigenvalue weighted by atomic mass is 10.2. The summed E-state index contributed by atoms with van der Waals surface area (Å²) in [5.74, 6) is 0.104. The van der Waals surface area contributed by atoms with Crippen LogP contribution in [0.4, 0.5) is 0 Å². The van der Waals surface area contributed by atoms with E-state index in [1.165, 1.54) is 0 Å². The molecule has 0 unspecified atom stereocenters. The number of aromatic nitrogens is 3. The van der Waals surface area contributed by atoms with Gasteiger partial charge >= 0.3 is 0 Å². The summed E-state index contributed by atoms with van der Waals surface area (Å²) >= 11 is 0. The maximum Gasteiger partial charge on any atom is 0.244 e. The Labute approximate surface area is 134 Å². The molecule has 0 N–H and O–H groups in total. The van der Waals surface area contributed by atoms with Gasteiger partial charge in [-0.2, -0.15) is 0 Å². The van der Waals surface area contributed by atoms with Crippen molar-refractivity contribution in [3.05, 3.63) is 60.2 Å². The van der Waals surface area contributed by atoms with Gasteiger partial charge in [0.1, 0.15) is 12.1 Å². The molecule has 1 amide bonds. The summed E-state index contributed by atoms with van der Waals surface area (Å²) < 4.78 is 1.69. The van der Waals surface area contributed by atoms with Crippen molar-refractivity contribution in [2.75, 3.05) is 0 Å². The van der Waals surface area contributed by atoms with Crippen LogP contribution in [0.15, 0.2) is 54.6 Å². The molecule has 5 heteroatoms. The van der Waals surface area contributed by atoms with Gasteiger partial charge in [-0.15, -0.1) is 5.10 Å². The summed E-state index contributed by atoms with van der Waals surface area (Å²) in [7, 11) is 0. The number of hydrogen-bond acceptors (Lipinski definition) is 3. The second-order valence-electron chi connectivity index (χ2n) is 5.97. The van der Waals surface area contributed by atoms with Gasteiger partial charge in [0, 0.05) is 12.6 Å². The van der Waals surface area contributed by atoms with Gasteiger partial charge in [-0.1, -0.05) is 47.7 Å². The Morgan fingerprint density at radius 3 is 2.61 bits per heavy atom. The van der Waals surface area contributed by atoms with E-state index >= 15 is 0 Å². The fraction of sp³-hybridized carbons (Fsp3) is 0.278. The summed E-state index contributed by atoms with van der Waals surface area (Å²) in [4.78, 5) is 14.8. The van der Waals surface area contributed by atoms with Crippen LogP contribution in [0.3, 0.4) is 0 Å². The highest BCUT2D eigenvalue weighted by atomic mass is 16.2. The summed E-state index contributed by atoms with van der Waals surface area (Å²) in [5, 5.41) is 8.24. The van der Waals surface area contributed by atoms with Crippen molar-refractivity contribution in [3.8, 4) is 0 Å². The van der Waals surface area contributed by atoms with Crippen LogP contribution in [0, 0.1) is 0 Å². The highest BCUT2D eigenvalue weighted by Crippen LogP contribution is 2.28. The minimum Gasteiger partial charge on any atom is -0.334 e. The lowest BCUT2D eigenvalue weighted by Gasteiger charge is -2.22. The molecule has 1 aromatic heterocycles. The van der Waals surface area contributed by atoms with Crippen molar-refractivity contribution in [1.82, 2.24) is 19.9 Å².